The molecule has 1 aliphatic heterocycles. The standard InChI is InChI=1S/C16H18N2O6/c19-13(17-12(16(23)24)8-14(20)21)7-3-5-10-9-4-1-2-6-11(9)18-15(10)22/h1-2,4,6,10,12H,3,5,7-8H2,(H,17,19)(H,18,22)(H,20,21)(H,23,24)/t10?,12-/m0/s1. The molecule has 4 N–H and O–H groups in total. The van der Waals surface area contributed by atoms with Gasteiger partial charge >= 0.3 is 11.9 Å². The van der Waals surface area contributed by atoms with Crippen LogP contribution in [0.25, 0.3) is 0 Å². The number of carboxylic acids is 2. The third-order valence-corrected chi connectivity index (χ3v) is 3.82. The first kappa shape index (κ1) is 17.5. The van der Waals surface area contributed by atoms with Crippen molar-refractivity contribution in [2.24, 2.45) is 0 Å². The predicted octanol–water partition coefficient (Wildman–Crippen LogP) is 0.937. The first-order chi connectivity index (χ1) is 11.4. The topological polar surface area (TPSA) is 133 Å². The van der Waals surface area contributed by atoms with Crippen molar-refractivity contribution in [1.29, 1.82) is 0 Å². The SMILES string of the molecule is O=C(O)C[C@H](NC(=O)CCCC1C(=O)Nc2ccccc21)C(=O)O. The van der Waals surface area contributed by atoms with Gasteiger partial charge in [-0.1, -0.05) is 18.2 Å². The summed E-state index contributed by atoms with van der Waals surface area (Å²) in [6.07, 6.45) is 0.180. The molecule has 8 nitrogen and oxygen atoms in total. The molecule has 2 amide bonds. The Kier molecular flexibility index (Phi) is 5.51. The van der Waals surface area contributed by atoms with Gasteiger partial charge in [0.2, 0.25) is 11.8 Å². The summed E-state index contributed by atoms with van der Waals surface area (Å²) in [5, 5.41) is 22.5. The maximum absolute atomic E-state index is 11.9. The van der Waals surface area contributed by atoms with Crippen LogP contribution in [0.5, 0.6) is 0 Å². The quantitative estimate of drug-likeness (QED) is 0.559. The number of para-hydroxylation sites is 1. The van der Waals surface area contributed by atoms with E-state index in [1.54, 1.807) is 0 Å². The zero-order valence-corrected chi connectivity index (χ0v) is 12.8. The number of hydrogen-bond acceptors (Lipinski definition) is 4. The largest absolute Gasteiger partial charge is 0.481 e. The number of aliphatic carboxylic acids is 2. The molecular weight excluding hydrogens is 316 g/mol. The second-order valence-electron chi connectivity index (χ2n) is 5.58. The predicted molar refractivity (Wildman–Crippen MR) is 83.5 cm³/mol. The first-order valence-electron chi connectivity index (χ1n) is 7.52. The molecule has 128 valence electrons. The van der Waals surface area contributed by atoms with Crippen LogP contribution < -0.4 is 10.6 Å². The summed E-state index contributed by atoms with van der Waals surface area (Å²) in [6.45, 7) is 0. The van der Waals surface area contributed by atoms with Gasteiger partial charge in [-0.3, -0.25) is 14.4 Å². The van der Waals surface area contributed by atoms with Gasteiger partial charge in [0.1, 0.15) is 6.04 Å². The van der Waals surface area contributed by atoms with Crippen molar-refractivity contribution in [2.45, 2.75) is 37.6 Å². The van der Waals surface area contributed by atoms with Crippen LogP contribution in [-0.2, 0) is 19.2 Å². The highest BCUT2D eigenvalue weighted by Gasteiger charge is 2.30. The minimum Gasteiger partial charge on any atom is -0.481 e. The number of anilines is 1. The highest BCUT2D eigenvalue weighted by atomic mass is 16.4. The fraction of sp³-hybridized carbons (Fsp3) is 0.375. The monoisotopic (exact) mass is 334 g/mol. The van der Waals surface area contributed by atoms with Crippen molar-refractivity contribution >= 4 is 29.4 Å². The van der Waals surface area contributed by atoms with Crippen LogP contribution >= 0.6 is 0 Å². The minimum atomic E-state index is -1.45. The molecule has 0 aliphatic carbocycles. The number of carboxylic acid groups (broad SMARTS) is 2. The number of carbonyl (C=O) groups is 4. The molecule has 0 aromatic heterocycles. The Morgan fingerprint density at radius 3 is 2.58 bits per heavy atom. The molecule has 1 aromatic rings. The molecule has 24 heavy (non-hydrogen) atoms. The van der Waals surface area contributed by atoms with Crippen LogP contribution in [0.2, 0.25) is 0 Å². The molecule has 0 radical (unpaired) electrons. The normalized spacial score (nSPS) is 16.8. The van der Waals surface area contributed by atoms with Crippen LogP contribution in [0.4, 0.5) is 5.69 Å². The summed E-state index contributed by atoms with van der Waals surface area (Å²) < 4.78 is 0. The molecule has 1 aromatic carbocycles. The zero-order chi connectivity index (χ0) is 17.7. The van der Waals surface area contributed by atoms with E-state index in [2.05, 4.69) is 10.6 Å². The lowest BCUT2D eigenvalue weighted by molar-refractivity contribution is -0.147. The average molecular weight is 334 g/mol. The van der Waals surface area contributed by atoms with Crippen LogP contribution in [0.15, 0.2) is 24.3 Å². The average Bonchev–Trinajstić information content (AvgIpc) is 2.82. The van der Waals surface area contributed by atoms with Crippen LogP contribution in [-0.4, -0.2) is 40.0 Å². The van der Waals surface area contributed by atoms with E-state index in [4.69, 9.17) is 10.2 Å². The third-order valence-electron chi connectivity index (χ3n) is 3.82. The van der Waals surface area contributed by atoms with Crippen LogP contribution in [0.1, 0.15) is 37.2 Å². The van der Waals surface area contributed by atoms with E-state index in [0.717, 1.165) is 11.3 Å². The number of hydrogen-bond donors (Lipinski definition) is 4. The van der Waals surface area contributed by atoms with Crippen molar-refractivity contribution in [1.82, 2.24) is 5.32 Å². The van der Waals surface area contributed by atoms with Crippen LogP contribution in [0.3, 0.4) is 0 Å². The summed E-state index contributed by atoms with van der Waals surface area (Å²) in [4.78, 5) is 45.2. The summed E-state index contributed by atoms with van der Waals surface area (Å²) in [7, 11) is 0. The van der Waals surface area contributed by atoms with Gasteiger partial charge in [-0.25, -0.2) is 4.79 Å². The van der Waals surface area contributed by atoms with E-state index in [0.29, 0.717) is 12.8 Å². The molecule has 1 aliphatic rings. The number of rotatable bonds is 8. The lowest BCUT2D eigenvalue weighted by atomic mass is 9.95. The Morgan fingerprint density at radius 1 is 1.21 bits per heavy atom. The van der Waals surface area contributed by atoms with E-state index in [-0.39, 0.29) is 18.2 Å². The molecule has 0 fully saturated rings. The first-order valence-corrected chi connectivity index (χ1v) is 7.52. The molecule has 0 bridgehead atoms. The number of carbonyl (C=O) groups excluding carboxylic acids is 2. The Labute approximate surface area is 137 Å². The van der Waals surface area contributed by atoms with E-state index in [1.165, 1.54) is 0 Å². The lowest BCUT2D eigenvalue weighted by Crippen LogP contribution is -2.42. The Hall–Kier alpha value is -2.90. The van der Waals surface area contributed by atoms with Crippen molar-refractivity contribution in [2.75, 3.05) is 5.32 Å². The number of benzene rings is 1. The molecule has 1 unspecified atom stereocenters. The molecule has 0 saturated heterocycles. The second kappa shape index (κ2) is 7.58. The van der Waals surface area contributed by atoms with Gasteiger partial charge < -0.3 is 20.8 Å². The van der Waals surface area contributed by atoms with Crippen molar-refractivity contribution in [3.63, 3.8) is 0 Å². The minimum absolute atomic E-state index is 0.0232. The van der Waals surface area contributed by atoms with Crippen LogP contribution in [0, 0.1) is 0 Å². The highest BCUT2D eigenvalue weighted by Crippen LogP contribution is 2.35. The van der Waals surface area contributed by atoms with Gasteiger partial charge in [-0.15, -0.1) is 0 Å². The zero-order valence-electron chi connectivity index (χ0n) is 12.8. The Balaban J connectivity index is 1.83. The van der Waals surface area contributed by atoms with Gasteiger partial charge in [0, 0.05) is 12.1 Å². The number of nitrogens with one attached hydrogen (secondary N) is 2. The van der Waals surface area contributed by atoms with Gasteiger partial charge in [0.15, 0.2) is 0 Å². The molecule has 8 heteroatoms. The molecule has 0 saturated carbocycles. The maximum atomic E-state index is 11.9. The summed E-state index contributed by atoms with van der Waals surface area (Å²) in [6, 6.07) is 5.87. The van der Waals surface area contributed by atoms with E-state index in [9.17, 15) is 19.2 Å². The van der Waals surface area contributed by atoms with Gasteiger partial charge in [-0.2, -0.15) is 0 Å². The smallest absolute Gasteiger partial charge is 0.326 e. The van der Waals surface area contributed by atoms with Crippen molar-refractivity contribution in [3.05, 3.63) is 29.8 Å². The molecule has 2 rings (SSSR count). The van der Waals surface area contributed by atoms with E-state index < -0.39 is 30.3 Å². The van der Waals surface area contributed by atoms with E-state index >= 15 is 0 Å². The summed E-state index contributed by atoms with van der Waals surface area (Å²) in [5.41, 5.74) is 1.65. The van der Waals surface area contributed by atoms with Crippen molar-refractivity contribution in [3.8, 4) is 0 Å². The Morgan fingerprint density at radius 2 is 1.92 bits per heavy atom. The lowest BCUT2D eigenvalue weighted by Gasteiger charge is -2.13. The van der Waals surface area contributed by atoms with Crippen molar-refractivity contribution < 1.29 is 29.4 Å². The maximum Gasteiger partial charge on any atom is 0.326 e. The molecule has 1 heterocycles. The Bertz CT molecular complexity index is 672. The summed E-state index contributed by atoms with van der Waals surface area (Å²) >= 11 is 0. The highest BCUT2D eigenvalue weighted by molar-refractivity contribution is 6.02. The molecule has 0 spiro atoms. The third kappa shape index (κ3) is 4.31. The fourth-order valence-electron chi connectivity index (χ4n) is 2.67. The van der Waals surface area contributed by atoms with Gasteiger partial charge in [0.05, 0.1) is 12.3 Å². The van der Waals surface area contributed by atoms with Gasteiger partial charge in [-0.05, 0) is 24.5 Å². The number of fused-ring (bicyclic) bond motifs is 1. The summed E-state index contributed by atoms with van der Waals surface area (Å²) in [5.74, 6) is -3.69. The fourth-order valence-corrected chi connectivity index (χ4v) is 2.67. The van der Waals surface area contributed by atoms with E-state index in [1.807, 2.05) is 24.3 Å². The number of amides is 2. The second-order valence-corrected chi connectivity index (χ2v) is 5.58. The molecular formula is C16H18N2O6. The van der Waals surface area contributed by atoms with Gasteiger partial charge in [0.25, 0.3) is 0 Å². The molecule has 2 atom stereocenters.